The van der Waals surface area contributed by atoms with Crippen molar-refractivity contribution in [2.75, 3.05) is 20.2 Å². The number of nitrogens with zero attached hydrogens (tertiary/aromatic N) is 7. The van der Waals surface area contributed by atoms with Crippen LogP contribution in [-0.4, -0.2) is 54.6 Å². The summed E-state index contributed by atoms with van der Waals surface area (Å²) in [6, 6.07) is 0.400. The lowest BCUT2D eigenvalue weighted by Gasteiger charge is -2.32. The normalized spacial score (nSPS) is 18.0. The number of likely N-dealkylation sites (tertiary alicyclic amines) is 1. The third kappa shape index (κ3) is 3.70. The molecule has 26 heavy (non-hydrogen) atoms. The molecule has 1 aliphatic heterocycles. The first kappa shape index (κ1) is 16.6. The highest BCUT2D eigenvalue weighted by Crippen LogP contribution is 2.26. The van der Waals surface area contributed by atoms with E-state index in [9.17, 15) is 0 Å². The fraction of sp³-hybridized carbons (Fsp3) is 0.389. The summed E-state index contributed by atoms with van der Waals surface area (Å²) in [7, 11) is 1.57. The first-order valence-electron chi connectivity index (χ1n) is 8.69. The van der Waals surface area contributed by atoms with Crippen LogP contribution in [0.2, 0.25) is 0 Å². The molecule has 134 valence electrons. The lowest BCUT2D eigenvalue weighted by Crippen LogP contribution is -2.34. The first-order chi connectivity index (χ1) is 12.8. The van der Waals surface area contributed by atoms with Gasteiger partial charge in [0.05, 0.1) is 19.0 Å². The van der Waals surface area contributed by atoms with Gasteiger partial charge in [0.1, 0.15) is 6.33 Å². The summed E-state index contributed by atoms with van der Waals surface area (Å²) in [6.07, 6.45) is 14.9. The van der Waals surface area contributed by atoms with Crippen molar-refractivity contribution in [3.8, 4) is 11.8 Å². The zero-order valence-electron chi connectivity index (χ0n) is 14.7. The number of imidazole rings is 1. The van der Waals surface area contributed by atoms with Crippen molar-refractivity contribution in [2.45, 2.75) is 25.3 Å². The van der Waals surface area contributed by atoms with Crippen LogP contribution in [0.1, 0.15) is 30.0 Å². The fourth-order valence-electron chi connectivity index (χ4n) is 3.31. The molecule has 8 nitrogen and oxygen atoms in total. The third-order valence-electron chi connectivity index (χ3n) is 4.60. The highest BCUT2D eigenvalue weighted by molar-refractivity contribution is 5.21. The fourth-order valence-corrected chi connectivity index (χ4v) is 3.31. The van der Waals surface area contributed by atoms with Gasteiger partial charge in [-0.2, -0.15) is 0 Å². The van der Waals surface area contributed by atoms with E-state index in [0.29, 0.717) is 11.9 Å². The van der Waals surface area contributed by atoms with Gasteiger partial charge in [-0.25, -0.2) is 19.9 Å². The lowest BCUT2D eigenvalue weighted by atomic mass is 9.95. The second-order valence-corrected chi connectivity index (χ2v) is 6.42. The Morgan fingerprint density at radius 2 is 2.04 bits per heavy atom. The van der Waals surface area contributed by atoms with Gasteiger partial charge in [-0.05, 0) is 19.4 Å². The Kier molecular flexibility index (Phi) is 4.83. The van der Waals surface area contributed by atoms with Crippen LogP contribution in [0.4, 0.5) is 0 Å². The average molecular weight is 351 g/mol. The van der Waals surface area contributed by atoms with Gasteiger partial charge in [-0.1, -0.05) is 0 Å². The molecule has 0 radical (unpaired) electrons. The molecule has 0 saturated carbocycles. The predicted molar refractivity (Wildman–Crippen MR) is 95.0 cm³/mol. The van der Waals surface area contributed by atoms with Gasteiger partial charge in [0, 0.05) is 55.6 Å². The van der Waals surface area contributed by atoms with Crippen LogP contribution in [-0.2, 0) is 6.54 Å². The molecule has 1 fully saturated rings. The molecule has 1 aliphatic rings. The van der Waals surface area contributed by atoms with Crippen LogP contribution in [0.3, 0.4) is 0 Å². The third-order valence-corrected chi connectivity index (χ3v) is 4.60. The van der Waals surface area contributed by atoms with E-state index < -0.39 is 0 Å². The van der Waals surface area contributed by atoms with E-state index in [4.69, 9.17) is 9.72 Å². The molecule has 0 N–H and O–H groups in total. The van der Waals surface area contributed by atoms with Gasteiger partial charge in [0.25, 0.3) is 0 Å². The maximum absolute atomic E-state index is 5.02. The molecule has 1 saturated heterocycles. The minimum absolute atomic E-state index is 0.374. The largest absolute Gasteiger partial charge is 0.467 e. The second-order valence-electron chi connectivity index (χ2n) is 6.42. The quantitative estimate of drug-likeness (QED) is 0.694. The van der Waals surface area contributed by atoms with E-state index in [1.165, 1.54) is 0 Å². The summed E-state index contributed by atoms with van der Waals surface area (Å²) in [5.41, 5.74) is 2.12. The van der Waals surface area contributed by atoms with Crippen molar-refractivity contribution in [1.82, 2.24) is 34.4 Å². The monoisotopic (exact) mass is 351 g/mol. The SMILES string of the molecule is COc1ncc(CN2CCC[C@@H](c3cncc(-n4ccnc4)n3)C2)cn1. The van der Waals surface area contributed by atoms with Crippen molar-refractivity contribution < 1.29 is 4.74 Å². The van der Waals surface area contributed by atoms with Crippen molar-refractivity contribution in [3.05, 3.63) is 54.8 Å². The van der Waals surface area contributed by atoms with Gasteiger partial charge in [0.2, 0.25) is 0 Å². The van der Waals surface area contributed by atoms with Crippen LogP contribution < -0.4 is 4.74 Å². The van der Waals surface area contributed by atoms with Crippen LogP contribution in [0.5, 0.6) is 6.01 Å². The topological polar surface area (TPSA) is 81.9 Å². The number of hydrogen-bond acceptors (Lipinski definition) is 7. The summed E-state index contributed by atoms with van der Waals surface area (Å²) in [5.74, 6) is 1.18. The van der Waals surface area contributed by atoms with Gasteiger partial charge >= 0.3 is 6.01 Å². The van der Waals surface area contributed by atoms with Crippen LogP contribution in [0.15, 0.2) is 43.5 Å². The highest BCUT2D eigenvalue weighted by Gasteiger charge is 2.23. The molecule has 0 aliphatic carbocycles. The maximum Gasteiger partial charge on any atom is 0.316 e. The average Bonchev–Trinajstić information content (AvgIpc) is 3.24. The Morgan fingerprint density at radius 1 is 1.15 bits per heavy atom. The number of aromatic nitrogens is 6. The smallest absolute Gasteiger partial charge is 0.316 e. The number of rotatable bonds is 5. The van der Waals surface area contributed by atoms with Gasteiger partial charge in [-0.15, -0.1) is 0 Å². The van der Waals surface area contributed by atoms with Gasteiger partial charge in [-0.3, -0.25) is 14.5 Å². The molecule has 0 unspecified atom stereocenters. The molecular formula is C18H21N7O. The minimum Gasteiger partial charge on any atom is -0.467 e. The molecule has 3 aromatic heterocycles. The van der Waals surface area contributed by atoms with Crippen LogP contribution >= 0.6 is 0 Å². The van der Waals surface area contributed by atoms with Crippen molar-refractivity contribution >= 4 is 0 Å². The molecule has 3 aromatic rings. The minimum atomic E-state index is 0.374. The second kappa shape index (κ2) is 7.57. The van der Waals surface area contributed by atoms with Crippen LogP contribution in [0, 0.1) is 0 Å². The Bertz CT molecular complexity index is 835. The molecule has 4 rings (SSSR count). The Morgan fingerprint density at radius 3 is 2.81 bits per heavy atom. The standard InChI is InChI=1S/C18H21N7O/c1-26-18-21-7-14(8-22-18)11-24-5-2-3-15(12-24)16-9-20-10-17(23-16)25-6-4-19-13-25/h4,6-10,13,15H,2-3,5,11-12H2,1H3/t15-/m1/s1. The van der Waals surface area contributed by atoms with E-state index in [0.717, 1.165) is 49.6 Å². The molecule has 4 heterocycles. The van der Waals surface area contributed by atoms with Crippen molar-refractivity contribution in [1.29, 1.82) is 0 Å². The summed E-state index contributed by atoms with van der Waals surface area (Å²) in [5, 5.41) is 0. The summed E-state index contributed by atoms with van der Waals surface area (Å²) in [4.78, 5) is 24.1. The van der Waals surface area contributed by atoms with E-state index in [1.807, 2.05) is 29.4 Å². The predicted octanol–water partition coefficient (Wildman–Crippen LogP) is 1.84. The van der Waals surface area contributed by atoms with Gasteiger partial charge < -0.3 is 4.74 Å². The first-order valence-corrected chi connectivity index (χ1v) is 8.69. The van der Waals surface area contributed by atoms with E-state index in [-0.39, 0.29) is 0 Å². The Hall–Kier alpha value is -2.87. The Labute approximate surface area is 151 Å². The number of ether oxygens (including phenoxy) is 1. The van der Waals surface area contributed by atoms with E-state index in [2.05, 4.69) is 24.8 Å². The highest BCUT2D eigenvalue weighted by atomic mass is 16.5. The molecule has 0 spiro atoms. The summed E-state index contributed by atoms with van der Waals surface area (Å²) in [6.45, 7) is 2.85. The van der Waals surface area contributed by atoms with Crippen LogP contribution in [0.25, 0.3) is 5.82 Å². The molecule has 0 amide bonds. The van der Waals surface area contributed by atoms with E-state index in [1.54, 1.807) is 25.8 Å². The number of piperidine rings is 1. The number of methoxy groups -OCH3 is 1. The summed E-state index contributed by atoms with van der Waals surface area (Å²) < 4.78 is 6.90. The lowest BCUT2D eigenvalue weighted by molar-refractivity contribution is 0.197. The zero-order chi connectivity index (χ0) is 17.8. The molecule has 1 atom stereocenters. The zero-order valence-corrected chi connectivity index (χ0v) is 14.7. The number of hydrogen-bond donors (Lipinski definition) is 0. The molecular weight excluding hydrogens is 330 g/mol. The molecule has 8 heteroatoms. The molecule has 0 bridgehead atoms. The van der Waals surface area contributed by atoms with Crippen molar-refractivity contribution in [2.24, 2.45) is 0 Å². The Balaban J connectivity index is 1.45. The summed E-state index contributed by atoms with van der Waals surface area (Å²) >= 11 is 0. The van der Waals surface area contributed by atoms with E-state index >= 15 is 0 Å². The maximum atomic E-state index is 5.02. The van der Waals surface area contributed by atoms with Gasteiger partial charge in [0.15, 0.2) is 5.82 Å². The molecule has 0 aromatic carbocycles. The van der Waals surface area contributed by atoms with Crippen molar-refractivity contribution in [3.63, 3.8) is 0 Å².